The molecule has 108 valence electrons. The van der Waals surface area contributed by atoms with Crippen molar-refractivity contribution in [2.75, 3.05) is 40.5 Å². The van der Waals surface area contributed by atoms with Crippen molar-refractivity contribution in [2.24, 2.45) is 5.92 Å². The molecule has 1 aliphatic rings. The second-order valence-electron chi connectivity index (χ2n) is 5.40. The molecule has 1 N–H and O–H groups in total. The van der Waals surface area contributed by atoms with Gasteiger partial charge in [0.05, 0.1) is 19.3 Å². The summed E-state index contributed by atoms with van der Waals surface area (Å²) in [5.41, 5.74) is 0. The van der Waals surface area contributed by atoms with E-state index in [2.05, 4.69) is 11.8 Å². The molecule has 1 aliphatic carbocycles. The summed E-state index contributed by atoms with van der Waals surface area (Å²) in [6.45, 7) is 5.50. The molecule has 0 radical (unpaired) electrons. The van der Waals surface area contributed by atoms with Gasteiger partial charge in [-0.15, -0.1) is 0 Å². The first-order chi connectivity index (χ1) is 8.69. The van der Waals surface area contributed by atoms with Crippen molar-refractivity contribution in [3.05, 3.63) is 0 Å². The zero-order valence-electron chi connectivity index (χ0n) is 12.1. The SMILES string of the molecule is COCCN(CC1CCCCC1O)C(C)COC. The average molecular weight is 259 g/mol. The first-order valence-electron chi connectivity index (χ1n) is 7.09. The summed E-state index contributed by atoms with van der Waals surface area (Å²) in [5.74, 6) is 0.412. The molecule has 0 bridgehead atoms. The maximum atomic E-state index is 10.1. The number of ether oxygens (including phenoxy) is 2. The van der Waals surface area contributed by atoms with E-state index in [4.69, 9.17) is 9.47 Å². The molecule has 3 atom stereocenters. The van der Waals surface area contributed by atoms with E-state index >= 15 is 0 Å². The summed E-state index contributed by atoms with van der Waals surface area (Å²) >= 11 is 0. The smallest absolute Gasteiger partial charge is 0.0615 e. The van der Waals surface area contributed by atoms with E-state index in [-0.39, 0.29) is 6.10 Å². The molecule has 1 rings (SSSR count). The number of aliphatic hydroxyl groups is 1. The lowest BCUT2D eigenvalue weighted by atomic mass is 9.86. The van der Waals surface area contributed by atoms with Crippen LogP contribution in [0.5, 0.6) is 0 Å². The molecule has 1 saturated carbocycles. The predicted molar refractivity (Wildman–Crippen MR) is 72.8 cm³/mol. The average Bonchev–Trinajstić information content (AvgIpc) is 2.36. The van der Waals surface area contributed by atoms with E-state index in [1.165, 1.54) is 12.8 Å². The van der Waals surface area contributed by atoms with E-state index < -0.39 is 0 Å². The Bertz CT molecular complexity index is 213. The Hall–Kier alpha value is -0.160. The van der Waals surface area contributed by atoms with Crippen LogP contribution in [0.2, 0.25) is 0 Å². The first-order valence-corrected chi connectivity index (χ1v) is 7.09. The van der Waals surface area contributed by atoms with Gasteiger partial charge in [0.1, 0.15) is 0 Å². The third kappa shape index (κ3) is 5.22. The lowest BCUT2D eigenvalue weighted by Crippen LogP contribution is -2.44. The first kappa shape index (κ1) is 15.9. The van der Waals surface area contributed by atoms with Gasteiger partial charge in [-0.2, -0.15) is 0 Å². The molecule has 4 nitrogen and oxygen atoms in total. The van der Waals surface area contributed by atoms with Gasteiger partial charge >= 0.3 is 0 Å². The van der Waals surface area contributed by atoms with Gasteiger partial charge in [0, 0.05) is 33.4 Å². The fraction of sp³-hybridized carbons (Fsp3) is 1.00. The summed E-state index contributed by atoms with van der Waals surface area (Å²) in [6.07, 6.45) is 4.40. The summed E-state index contributed by atoms with van der Waals surface area (Å²) in [5, 5.41) is 10.1. The topological polar surface area (TPSA) is 41.9 Å². The van der Waals surface area contributed by atoms with Gasteiger partial charge in [-0.1, -0.05) is 12.8 Å². The third-order valence-electron chi connectivity index (χ3n) is 3.95. The van der Waals surface area contributed by atoms with Crippen LogP contribution in [0.3, 0.4) is 0 Å². The van der Waals surface area contributed by atoms with Crippen molar-refractivity contribution in [1.82, 2.24) is 4.90 Å². The zero-order chi connectivity index (χ0) is 13.4. The molecule has 3 unspecified atom stereocenters. The van der Waals surface area contributed by atoms with E-state index in [1.54, 1.807) is 14.2 Å². The van der Waals surface area contributed by atoms with E-state index in [0.717, 1.165) is 39.1 Å². The highest BCUT2D eigenvalue weighted by molar-refractivity contribution is 4.79. The molecule has 0 heterocycles. The minimum absolute atomic E-state index is 0.126. The van der Waals surface area contributed by atoms with Crippen LogP contribution in [0.1, 0.15) is 32.6 Å². The quantitative estimate of drug-likeness (QED) is 0.717. The van der Waals surface area contributed by atoms with Gasteiger partial charge in [0.2, 0.25) is 0 Å². The largest absolute Gasteiger partial charge is 0.393 e. The van der Waals surface area contributed by atoms with Crippen LogP contribution < -0.4 is 0 Å². The predicted octanol–water partition coefficient (Wildman–Crippen LogP) is 1.52. The Balaban J connectivity index is 2.47. The van der Waals surface area contributed by atoms with Gasteiger partial charge in [-0.05, 0) is 25.7 Å². The Kier molecular flexibility index (Phi) is 7.82. The highest BCUT2D eigenvalue weighted by atomic mass is 16.5. The molecule has 18 heavy (non-hydrogen) atoms. The minimum atomic E-state index is -0.126. The molecule has 4 heteroatoms. The van der Waals surface area contributed by atoms with Crippen molar-refractivity contribution in [3.63, 3.8) is 0 Å². The van der Waals surface area contributed by atoms with E-state index in [0.29, 0.717) is 12.0 Å². The van der Waals surface area contributed by atoms with Crippen LogP contribution in [-0.2, 0) is 9.47 Å². The molecule has 1 fully saturated rings. The van der Waals surface area contributed by atoms with Gasteiger partial charge in [0.25, 0.3) is 0 Å². The zero-order valence-corrected chi connectivity index (χ0v) is 12.1. The number of nitrogens with zero attached hydrogens (tertiary/aromatic N) is 1. The fourth-order valence-corrected chi connectivity index (χ4v) is 2.75. The number of hydrogen-bond donors (Lipinski definition) is 1. The van der Waals surface area contributed by atoms with Crippen molar-refractivity contribution < 1.29 is 14.6 Å². The maximum Gasteiger partial charge on any atom is 0.0615 e. The summed E-state index contributed by atoms with van der Waals surface area (Å²) < 4.78 is 10.4. The molecular weight excluding hydrogens is 230 g/mol. The van der Waals surface area contributed by atoms with Crippen molar-refractivity contribution in [2.45, 2.75) is 44.8 Å². The molecular formula is C14H29NO3. The van der Waals surface area contributed by atoms with Gasteiger partial charge in [-0.25, -0.2) is 0 Å². The summed E-state index contributed by atoms with van der Waals surface area (Å²) in [4.78, 5) is 2.38. The number of rotatable bonds is 8. The number of hydrogen-bond acceptors (Lipinski definition) is 4. The van der Waals surface area contributed by atoms with Gasteiger partial charge in [-0.3, -0.25) is 4.90 Å². The molecule has 0 aromatic rings. The standard InChI is InChI=1S/C14H29NO3/c1-12(11-18-3)15(8-9-17-2)10-13-6-4-5-7-14(13)16/h12-14,16H,4-11H2,1-3H3. The number of methoxy groups -OCH3 is 2. The Morgan fingerprint density at radius 1 is 1.22 bits per heavy atom. The van der Waals surface area contributed by atoms with Crippen molar-refractivity contribution in [1.29, 1.82) is 0 Å². The summed E-state index contributed by atoms with van der Waals surface area (Å²) in [7, 11) is 3.47. The maximum absolute atomic E-state index is 10.1. The van der Waals surface area contributed by atoms with E-state index in [9.17, 15) is 5.11 Å². The van der Waals surface area contributed by atoms with Crippen molar-refractivity contribution >= 4 is 0 Å². The molecule has 0 aliphatic heterocycles. The van der Waals surface area contributed by atoms with Crippen LogP contribution in [0.25, 0.3) is 0 Å². The Labute approximate surface area is 111 Å². The van der Waals surface area contributed by atoms with Crippen LogP contribution >= 0.6 is 0 Å². The van der Waals surface area contributed by atoms with Crippen LogP contribution in [0, 0.1) is 5.92 Å². The second kappa shape index (κ2) is 8.86. The Morgan fingerprint density at radius 2 is 1.94 bits per heavy atom. The highest BCUT2D eigenvalue weighted by Crippen LogP contribution is 2.25. The highest BCUT2D eigenvalue weighted by Gasteiger charge is 2.26. The molecule has 0 spiro atoms. The number of aliphatic hydroxyl groups excluding tert-OH is 1. The van der Waals surface area contributed by atoms with Crippen LogP contribution in [0.15, 0.2) is 0 Å². The minimum Gasteiger partial charge on any atom is -0.393 e. The van der Waals surface area contributed by atoms with Gasteiger partial charge in [0.15, 0.2) is 0 Å². The lowest BCUT2D eigenvalue weighted by Gasteiger charge is -2.35. The molecule has 0 aromatic heterocycles. The van der Waals surface area contributed by atoms with Crippen molar-refractivity contribution in [3.8, 4) is 0 Å². The van der Waals surface area contributed by atoms with Crippen LogP contribution in [-0.4, -0.2) is 62.7 Å². The fourth-order valence-electron chi connectivity index (χ4n) is 2.75. The second-order valence-corrected chi connectivity index (χ2v) is 5.40. The van der Waals surface area contributed by atoms with Crippen LogP contribution in [0.4, 0.5) is 0 Å². The molecule has 0 aromatic carbocycles. The monoisotopic (exact) mass is 259 g/mol. The van der Waals surface area contributed by atoms with Gasteiger partial charge < -0.3 is 14.6 Å². The third-order valence-corrected chi connectivity index (χ3v) is 3.95. The van der Waals surface area contributed by atoms with E-state index in [1.807, 2.05) is 0 Å². The summed E-state index contributed by atoms with van der Waals surface area (Å²) in [6, 6.07) is 0.374. The lowest BCUT2D eigenvalue weighted by molar-refractivity contribution is 0.0157. The molecule has 0 amide bonds. The molecule has 0 saturated heterocycles. The Morgan fingerprint density at radius 3 is 2.56 bits per heavy atom. The normalized spacial score (nSPS) is 26.5.